The summed E-state index contributed by atoms with van der Waals surface area (Å²) in [6.45, 7) is 0. The minimum absolute atomic E-state index is 0.0535. The van der Waals surface area contributed by atoms with Crippen LogP contribution in [0.15, 0.2) is 109 Å². The highest BCUT2D eigenvalue weighted by atomic mass is 32.1. The van der Waals surface area contributed by atoms with Crippen molar-refractivity contribution in [2.45, 2.75) is 6.42 Å². The SMILES string of the molecule is O=C(Cc1cccs1)Nc1cccc(-c2nn3ccccc3c2-c2ccnc(Nc3ccccc3)n2)c1. The summed E-state index contributed by atoms with van der Waals surface area (Å²) in [4.78, 5) is 22.8. The first-order valence-corrected chi connectivity index (χ1v) is 12.7. The van der Waals surface area contributed by atoms with Crippen LogP contribution in [0.2, 0.25) is 0 Å². The molecular weight excluding hydrogens is 480 g/mol. The molecule has 37 heavy (non-hydrogen) atoms. The Bertz CT molecular complexity index is 1680. The number of thiophene rings is 1. The van der Waals surface area contributed by atoms with E-state index in [4.69, 9.17) is 10.1 Å². The van der Waals surface area contributed by atoms with Gasteiger partial charge in [-0.25, -0.2) is 14.5 Å². The van der Waals surface area contributed by atoms with E-state index in [-0.39, 0.29) is 5.91 Å². The minimum atomic E-state index is -0.0535. The maximum Gasteiger partial charge on any atom is 0.229 e. The van der Waals surface area contributed by atoms with Gasteiger partial charge in [-0.05, 0) is 53.9 Å². The third-order valence-corrected chi connectivity index (χ3v) is 6.69. The molecule has 2 aromatic carbocycles. The molecule has 4 heterocycles. The standard InChI is InChI=1S/C29H22N6OS/c36-26(19-23-12-7-17-37-23)31-22-11-6-8-20(18-22)28-27(25-13-4-5-16-35(25)34-28)24-14-15-30-29(33-24)32-21-9-2-1-3-10-21/h1-18H,19H2,(H,31,36)(H,30,32,33). The van der Waals surface area contributed by atoms with Crippen molar-refractivity contribution in [1.82, 2.24) is 19.6 Å². The smallest absolute Gasteiger partial charge is 0.229 e. The average Bonchev–Trinajstić information content (AvgIpc) is 3.57. The van der Waals surface area contributed by atoms with E-state index in [1.165, 1.54) is 0 Å². The van der Waals surface area contributed by atoms with E-state index in [2.05, 4.69) is 15.6 Å². The van der Waals surface area contributed by atoms with Crippen molar-refractivity contribution >= 4 is 40.1 Å². The van der Waals surface area contributed by atoms with Gasteiger partial charge in [0.2, 0.25) is 11.9 Å². The monoisotopic (exact) mass is 502 g/mol. The van der Waals surface area contributed by atoms with Gasteiger partial charge in [0.05, 0.1) is 23.2 Å². The Hall–Kier alpha value is -4.82. The first kappa shape index (κ1) is 22.6. The van der Waals surface area contributed by atoms with Crippen LogP contribution < -0.4 is 10.6 Å². The Balaban J connectivity index is 1.37. The summed E-state index contributed by atoms with van der Waals surface area (Å²) in [6, 6.07) is 29.3. The topological polar surface area (TPSA) is 84.2 Å². The van der Waals surface area contributed by atoms with Gasteiger partial charge < -0.3 is 10.6 Å². The molecule has 0 spiro atoms. The summed E-state index contributed by atoms with van der Waals surface area (Å²) >= 11 is 1.57. The van der Waals surface area contributed by atoms with Crippen LogP contribution in [-0.4, -0.2) is 25.5 Å². The first-order valence-electron chi connectivity index (χ1n) is 11.8. The number of nitrogens with zero attached hydrogens (tertiary/aromatic N) is 4. The zero-order valence-corrected chi connectivity index (χ0v) is 20.5. The first-order chi connectivity index (χ1) is 18.2. The molecule has 0 fully saturated rings. The van der Waals surface area contributed by atoms with Crippen molar-refractivity contribution in [3.05, 3.63) is 114 Å². The summed E-state index contributed by atoms with van der Waals surface area (Å²) in [5.74, 6) is 0.446. The van der Waals surface area contributed by atoms with E-state index in [0.717, 1.165) is 44.3 Å². The molecule has 1 amide bonds. The number of fused-ring (bicyclic) bond motifs is 1. The number of pyridine rings is 1. The molecule has 0 unspecified atom stereocenters. The van der Waals surface area contributed by atoms with E-state index in [1.54, 1.807) is 17.5 Å². The fraction of sp³-hybridized carbons (Fsp3) is 0.0345. The van der Waals surface area contributed by atoms with Crippen LogP contribution in [0.25, 0.3) is 28.0 Å². The van der Waals surface area contributed by atoms with Gasteiger partial charge in [-0.3, -0.25) is 4.79 Å². The van der Waals surface area contributed by atoms with E-state index >= 15 is 0 Å². The summed E-state index contributed by atoms with van der Waals surface area (Å²) in [7, 11) is 0. The molecule has 7 nitrogen and oxygen atoms in total. The number of benzene rings is 2. The van der Waals surface area contributed by atoms with E-state index in [1.807, 2.05) is 107 Å². The van der Waals surface area contributed by atoms with E-state index in [0.29, 0.717) is 12.4 Å². The van der Waals surface area contributed by atoms with Gasteiger partial charge in [0.15, 0.2) is 0 Å². The van der Waals surface area contributed by atoms with E-state index in [9.17, 15) is 4.79 Å². The predicted molar refractivity (Wildman–Crippen MR) is 148 cm³/mol. The summed E-state index contributed by atoms with van der Waals surface area (Å²) in [5.41, 5.74) is 5.84. The number of para-hydroxylation sites is 1. The lowest BCUT2D eigenvalue weighted by Gasteiger charge is -2.09. The second kappa shape index (κ2) is 10.0. The molecule has 180 valence electrons. The van der Waals surface area contributed by atoms with Gasteiger partial charge in [0, 0.05) is 34.2 Å². The molecule has 0 radical (unpaired) electrons. The molecular formula is C29H22N6OS. The van der Waals surface area contributed by atoms with Gasteiger partial charge >= 0.3 is 0 Å². The lowest BCUT2D eigenvalue weighted by atomic mass is 10.0. The molecule has 6 aromatic rings. The Morgan fingerprint density at radius 3 is 2.62 bits per heavy atom. The summed E-state index contributed by atoms with van der Waals surface area (Å²) in [6.07, 6.45) is 4.00. The van der Waals surface area contributed by atoms with Gasteiger partial charge in [0.25, 0.3) is 0 Å². The maximum atomic E-state index is 12.6. The van der Waals surface area contributed by atoms with Crippen LogP contribution >= 0.6 is 11.3 Å². The Morgan fingerprint density at radius 1 is 0.892 bits per heavy atom. The van der Waals surface area contributed by atoms with Gasteiger partial charge in [-0.15, -0.1) is 11.3 Å². The van der Waals surface area contributed by atoms with Crippen LogP contribution in [0.1, 0.15) is 4.88 Å². The van der Waals surface area contributed by atoms with Crippen molar-refractivity contribution in [3.8, 4) is 22.5 Å². The second-order valence-corrected chi connectivity index (χ2v) is 9.43. The van der Waals surface area contributed by atoms with Crippen molar-refractivity contribution in [2.75, 3.05) is 10.6 Å². The highest BCUT2D eigenvalue weighted by Gasteiger charge is 2.18. The van der Waals surface area contributed by atoms with Crippen LogP contribution in [0.3, 0.4) is 0 Å². The lowest BCUT2D eigenvalue weighted by Crippen LogP contribution is -2.13. The molecule has 2 N–H and O–H groups in total. The number of anilines is 3. The molecule has 0 aliphatic heterocycles. The summed E-state index contributed by atoms with van der Waals surface area (Å²) < 4.78 is 1.85. The van der Waals surface area contributed by atoms with Crippen molar-refractivity contribution in [2.24, 2.45) is 0 Å². The normalized spacial score (nSPS) is 10.9. The Morgan fingerprint density at radius 2 is 1.76 bits per heavy atom. The minimum Gasteiger partial charge on any atom is -0.326 e. The Kier molecular flexibility index (Phi) is 6.14. The molecule has 0 saturated carbocycles. The second-order valence-electron chi connectivity index (χ2n) is 8.40. The molecule has 8 heteroatoms. The molecule has 4 aromatic heterocycles. The van der Waals surface area contributed by atoms with Gasteiger partial charge in [-0.1, -0.05) is 42.5 Å². The lowest BCUT2D eigenvalue weighted by molar-refractivity contribution is -0.115. The molecule has 0 bridgehead atoms. The number of rotatable bonds is 7. The van der Waals surface area contributed by atoms with Crippen molar-refractivity contribution in [1.29, 1.82) is 0 Å². The average molecular weight is 503 g/mol. The van der Waals surface area contributed by atoms with Crippen LogP contribution in [-0.2, 0) is 11.2 Å². The van der Waals surface area contributed by atoms with Crippen LogP contribution in [0, 0.1) is 0 Å². The van der Waals surface area contributed by atoms with Crippen LogP contribution in [0.4, 0.5) is 17.3 Å². The highest BCUT2D eigenvalue weighted by molar-refractivity contribution is 7.10. The number of carbonyl (C=O) groups is 1. The quantitative estimate of drug-likeness (QED) is 0.262. The maximum absolute atomic E-state index is 12.6. The zero-order chi connectivity index (χ0) is 25.0. The Labute approximate surface area is 217 Å². The number of carbonyl (C=O) groups excluding carboxylic acids is 1. The summed E-state index contributed by atoms with van der Waals surface area (Å²) in [5, 5.41) is 13.1. The predicted octanol–water partition coefficient (Wildman–Crippen LogP) is 6.44. The molecule has 0 aliphatic rings. The number of nitrogens with one attached hydrogen (secondary N) is 2. The van der Waals surface area contributed by atoms with Gasteiger partial charge in [0.1, 0.15) is 5.69 Å². The molecule has 0 atom stereocenters. The van der Waals surface area contributed by atoms with Crippen molar-refractivity contribution in [3.63, 3.8) is 0 Å². The molecule has 6 rings (SSSR count). The number of amides is 1. The van der Waals surface area contributed by atoms with E-state index < -0.39 is 0 Å². The fourth-order valence-corrected chi connectivity index (χ4v) is 4.89. The third-order valence-electron chi connectivity index (χ3n) is 5.82. The number of aromatic nitrogens is 4. The number of hydrogen-bond donors (Lipinski definition) is 2. The molecule has 0 aliphatic carbocycles. The molecule has 0 saturated heterocycles. The van der Waals surface area contributed by atoms with Gasteiger partial charge in [-0.2, -0.15) is 5.10 Å². The largest absolute Gasteiger partial charge is 0.326 e. The third kappa shape index (κ3) is 4.96. The highest BCUT2D eigenvalue weighted by Crippen LogP contribution is 2.35. The van der Waals surface area contributed by atoms with Crippen molar-refractivity contribution < 1.29 is 4.79 Å². The van der Waals surface area contributed by atoms with Crippen LogP contribution in [0.5, 0.6) is 0 Å². The fourth-order valence-electron chi connectivity index (χ4n) is 4.18. The zero-order valence-electron chi connectivity index (χ0n) is 19.7. The number of hydrogen-bond acceptors (Lipinski definition) is 6.